The number of hydrogen-bond acceptors (Lipinski definition) is 5. The van der Waals surface area contributed by atoms with Crippen molar-refractivity contribution in [3.63, 3.8) is 0 Å². The minimum Gasteiger partial charge on any atom is -0.466 e. The molecule has 4 unspecified atom stereocenters. The van der Waals surface area contributed by atoms with E-state index in [1.54, 1.807) is 26.8 Å². The summed E-state index contributed by atoms with van der Waals surface area (Å²) in [6, 6.07) is 0. The van der Waals surface area contributed by atoms with Crippen molar-refractivity contribution in [2.24, 2.45) is 11.3 Å². The predicted molar refractivity (Wildman–Crippen MR) is 99.2 cm³/mol. The first-order valence-electron chi connectivity index (χ1n) is 9.13. The summed E-state index contributed by atoms with van der Waals surface area (Å²) >= 11 is 0. The molecule has 1 N–H and O–H groups in total. The molecule has 4 atom stereocenters. The van der Waals surface area contributed by atoms with Crippen LogP contribution in [0.5, 0.6) is 0 Å². The number of aliphatic hydroxyl groups is 1. The third kappa shape index (κ3) is 3.63. The standard InChI is InChI=1S/C21H30O5/c1-7-13(2)18(22)26-17-9-11-20(4)10-8-15(14(3)19(23)25-6)12-16(20)21(17,5)24/h7,12,15,17,24H,3,8-11H2,1-2,4-6H3. The Bertz CT molecular complexity index is 670. The molecule has 144 valence electrons. The minimum absolute atomic E-state index is 0.172. The van der Waals surface area contributed by atoms with E-state index in [0.29, 0.717) is 17.6 Å². The smallest absolute Gasteiger partial charge is 0.333 e. The number of carbonyl (C=O) groups excluding carboxylic acids is 2. The summed E-state index contributed by atoms with van der Waals surface area (Å²) in [5, 5.41) is 11.3. The lowest BCUT2D eigenvalue weighted by atomic mass is 9.58. The number of carbonyl (C=O) groups is 2. The first-order valence-corrected chi connectivity index (χ1v) is 9.13. The zero-order valence-corrected chi connectivity index (χ0v) is 16.4. The Morgan fingerprint density at radius 3 is 2.46 bits per heavy atom. The van der Waals surface area contributed by atoms with E-state index in [1.165, 1.54) is 7.11 Å². The summed E-state index contributed by atoms with van der Waals surface area (Å²) in [6.07, 6.45) is 6.06. The maximum atomic E-state index is 12.2. The third-order valence-electron chi connectivity index (χ3n) is 6.06. The summed E-state index contributed by atoms with van der Waals surface area (Å²) < 4.78 is 10.4. The quantitative estimate of drug-likeness (QED) is 0.471. The molecule has 0 bridgehead atoms. The molecule has 0 aromatic rings. The minimum atomic E-state index is -1.29. The van der Waals surface area contributed by atoms with Gasteiger partial charge in [0.25, 0.3) is 0 Å². The van der Waals surface area contributed by atoms with Crippen LogP contribution in [0.15, 0.2) is 35.5 Å². The summed E-state index contributed by atoms with van der Waals surface area (Å²) in [4.78, 5) is 24.0. The van der Waals surface area contributed by atoms with E-state index in [2.05, 4.69) is 13.5 Å². The monoisotopic (exact) mass is 362 g/mol. The number of methoxy groups -OCH3 is 1. The van der Waals surface area contributed by atoms with Gasteiger partial charge in [-0.05, 0) is 57.4 Å². The Kier molecular flexibility index (Phi) is 5.81. The van der Waals surface area contributed by atoms with E-state index in [9.17, 15) is 14.7 Å². The summed E-state index contributed by atoms with van der Waals surface area (Å²) in [6.45, 7) is 11.2. The molecule has 0 aromatic carbocycles. The normalized spacial score (nSPS) is 34.4. The molecule has 0 aliphatic heterocycles. The molecule has 5 nitrogen and oxygen atoms in total. The maximum Gasteiger partial charge on any atom is 0.333 e. The summed E-state index contributed by atoms with van der Waals surface area (Å²) in [5.41, 5.74) is 0.277. The van der Waals surface area contributed by atoms with Crippen LogP contribution < -0.4 is 0 Å². The Morgan fingerprint density at radius 1 is 1.27 bits per heavy atom. The van der Waals surface area contributed by atoms with Gasteiger partial charge in [0.05, 0.1) is 7.11 Å². The number of hydrogen-bond donors (Lipinski definition) is 1. The van der Waals surface area contributed by atoms with E-state index in [0.717, 1.165) is 24.8 Å². The molecular weight excluding hydrogens is 332 g/mol. The van der Waals surface area contributed by atoms with Crippen molar-refractivity contribution in [2.45, 2.75) is 65.1 Å². The van der Waals surface area contributed by atoms with Crippen LogP contribution in [0.3, 0.4) is 0 Å². The van der Waals surface area contributed by atoms with Crippen LogP contribution in [-0.4, -0.2) is 35.9 Å². The van der Waals surface area contributed by atoms with Gasteiger partial charge in [-0.1, -0.05) is 25.7 Å². The van der Waals surface area contributed by atoms with Gasteiger partial charge in [0.2, 0.25) is 0 Å². The highest BCUT2D eigenvalue weighted by molar-refractivity contribution is 5.89. The topological polar surface area (TPSA) is 72.8 Å². The van der Waals surface area contributed by atoms with Crippen LogP contribution in [0.2, 0.25) is 0 Å². The number of ether oxygens (including phenoxy) is 2. The molecule has 0 spiro atoms. The molecule has 0 amide bonds. The second kappa shape index (κ2) is 7.39. The molecule has 2 aliphatic rings. The van der Waals surface area contributed by atoms with Gasteiger partial charge < -0.3 is 14.6 Å². The Balaban J connectivity index is 2.33. The van der Waals surface area contributed by atoms with E-state index in [1.807, 2.05) is 6.08 Å². The van der Waals surface area contributed by atoms with E-state index < -0.39 is 23.6 Å². The molecular formula is C21H30O5. The van der Waals surface area contributed by atoms with Crippen LogP contribution in [0.25, 0.3) is 0 Å². The Morgan fingerprint density at radius 2 is 1.88 bits per heavy atom. The van der Waals surface area contributed by atoms with Gasteiger partial charge in [-0.3, -0.25) is 0 Å². The lowest BCUT2D eigenvalue weighted by Crippen LogP contribution is -2.53. The first-order chi connectivity index (χ1) is 12.1. The molecule has 2 aliphatic carbocycles. The third-order valence-corrected chi connectivity index (χ3v) is 6.06. The second-order valence-electron chi connectivity index (χ2n) is 7.85. The molecule has 26 heavy (non-hydrogen) atoms. The van der Waals surface area contributed by atoms with Crippen LogP contribution >= 0.6 is 0 Å². The largest absolute Gasteiger partial charge is 0.466 e. The summed E-state index contributed by atoms with van der Waals surface area (Å²) in [5.74, 6) is -1.02. The van der Waals surface area contributed by atoms with Crippen molar-refractivity contribution < 1.29 is 24.2 Å². The predicted octanol–water partition coefficient (Wildman–Crippen LogP) is 3.48. The van der Waals surface area contributed by atoms with Crippen LogP contribution in [0.1, 0.15) is 53.4 Å². The lowest BCUT2D eigenvalue weighted by molar-refractivity contribution is -0.162. The molecule has 0 heterocycles. The van der Waals surface area contributed by atoms with Crippen LogP contribution in [-0.2, 0) is 19.1 Å². The molecule has 0 aromatic heterocycles. The number of allylic oxidation sites excluding steroid dienone is 2. The fraction of sp³-hybridized carbons (Fsp3) is 0.619. The fourth-order valence-electron chi connectivity index (χ4n) is 4.11. The Labute approximate surface area is 155 Å². The zero-order chi connectivity index (χ0) is 19.7. The van der Waals surface area contributed by atoms with Gasteiger partial charge in [0.1, 0.15) is 11.7 Å². The van der Waals surface area contributed by atoms with Crippen molar-refractivity contribution in [2.75, 3.05) is 7.11 Å². The zero-order valence-electron chi connectivity index (χ0n) is 16.4. The molecule has 0 radical (unpaired) electrons. The molecule has 0 saturated heterocycles. The molecule has 1 saturated carbocycles. The summed E-state index contributed by atoms with van der Waals surface area (Å²) in [7, 11) is 1.34. The van der Waals surface area contributed by atoms with E-state index in [4.69, 9.17) is 9.47 Å². The highest BCUT2D eigenvalue weighted by Gasteiger charge is 2.52. The average Bonchev–Trinajstić information content (AvgIpc) is 2.62. The van der Waals surface area contributed by atoms with E-state index in [-0.39, 0.29) is 11.3 Å². The second-order valence-corrected chi connectivity index (χ2v) is 7.85. The number of esters is 2. The SMILES string of the molecule is C=C(C(=O)OC)C1C=C2C(C)(CC1)CCC(OC(=O)C(C)=CC)C2(C)O. The van der Waals surface area contributed by atoms with Crippen molar-refractivity contribution >= 4 is 11.9 Å². The first kappa shape index (κ1) is 20.4. The highest BCUT2D eigenvalue weighted by atomic mass is 16.6. The number of rotatable bonds is 4. The van der Waals surface area contributed by atoms with Crippen LogP contribution in [0, 0.1) is 11.3 Å². The lowest BCUT2D eigenvalue weighted by Gasteiger charge is -2.51. The van der Waals surface area contributed by atoms with Crippen molar-refractivity contribution in [3.05, 3.63) is 35.5 Å². The van der Waals surface area contributed by atoms with Gasteiger partial charge in [-0.2, -0.15) is 0 Å². The van der Waals surface area contributed by atoms with Gasteiger partial charge in [-0.15, -0.1) is 0 Å². The van der Waals surface area contributed by atoms with Crippen molar-refractivity contribution in [1.29, 1.82) is 0 Å². The van der Waals surface area contributed by atoms with Gasteiger partial charge in [0, 0.05) is 17.1 Å². The van der Waals surface area contributed by atoms with Crippen molar-refractivity contribution in [1.82, 2.24) is 0 Å². The average molecular weight is 362 g/mol. The molecule has 1 fully saturated rings. The molecule has 2 rings (SSSR count). The Hall–Kier alpha value is -1.88. The maximum absolute atomic E-state index is 12.2. The molecule has 5 heteroatoms. The van der Waals surface area contributed by atoms with Crippen LogP contribution in [0.4, 0.5) is 0 Å². The fourth-order valence-corrected chi connectivity index (χ4v) is 4.11. The highest BCUT2D eigenvalue weighted by Crippen LogP contribution is 2.53. The van der Waals surface area contributed by atoms with E-state index >= 15 is 0 Å². The van der Waals surface area contributed by atoms with Crippen molar-refractivity contribution in [3.8, 4) is 0 Å². The number of fused-ring (bicyclic) bond motifs is 1. The van der Waals surface area contributed by atoms with Gasteiger partial charge >= 0.3 is 11.9 Å². The van der Waals surface area contributed by atoms with Gasteiger partial charge in [0.15, 0.2) is 0 Å². The van der Waals surface area contributed by atoms with Gasteiger partial charge in [-0.25, -0.2) is 9.59 Å².